The largest absolute Gasteiger partial charge is 0.303 e. The van der Waals surface area contributed by atoms with Crippen molar-refractivity contribution in [2.45, 2.75) is 121 Å². The van der Waals surface area contributed by atoms with Crippen molar-refractivity contribution >= 4 is 11.8 Å². The van der Waals surface area contributed by atoms with Crippen molar-refractivity contribution < 1.29 is 0 Å². The molecule has 0 aromatic heterocycles. The lowest BCUT2D eigenvalue weighted by Crippen LogP contribution is -2.26. The number of rotatable bonds is 20. The summed E-state index contributed by atoms with van der Waals surface area (Å²) in [6.45, 7) is 16.8. The summed E-state index contributed by atoms with van der Waals surface area (Å²) in [6, 6.07) is 14.6. The molecule has 0 radical (unpaired) electrons. The SMILES string of the molecule is CCCN(CCC)CCCCCc1ccc2c(c1)Cc1cc(CCCCCN(CCC)CCC)ccc1S2. The molecule has 3 rings (SSSR count). The first-order chi connectivity index (χ1) is 18.7. The Morgan fingerprint density at radius 1 is 0.526 bits per heavy atom. The summed E-state index contributed by atoms with van der Waals surface area (Å²) in [7, 11) is 0. The minimum atomic E-state index is 1.10. The molecule has 0 atom stereocenters. The summed E-state index contributed by atoms with van der Waals surface area (Å²) in [4.78, 5) is 8.23. The molecule has 2 nitrogen and oxygen atoms in total. The van der Waals surface area contributed by atoms with Gasteiger partial charge in [-0.2, -0.15) is 0 Å². The summed E-state index contributed by atoms with van der Waals surface area (Å²) in [5, 5.41) is 0. The fraction of sp³-hybridized carbons (Fsp3) is 0.657. The van der Waals surface area contributed by atoms with Gasteiger partial charge in [0, 0.05) is 9.79 Å². The number of aryl methyl sites for hydroxylation is 2. The van der Waals surface area contributed by atoms with Gasteiger partial charge in [0.05, 0.1) is 0 Å². The quantitative estimate of drug-likeness (QED) is 0.133. The van der Waals surface area contributed by atoms with Crippen LogP contribution < -0.4 is 0 Å². The molecule has 1 aliphatic heterocycles. The minimum absolute atomic E-state index is 1.10. The summed E-state index contributed by atoms with van der Waals surface area (Å²) >= 11 is 1.98. The van der Waals surface area contributed by atoms with E-state index in [1.807, 2.05) is 11.8 Å². The number of hydrogen-bond donors (Lipinski definition) is 0. The second-order valence-corrected chi connectivity index (χ2v) is 12.6. The van der Waals surface area contributed by atoms with E-state index < -0.39 is 0 Å². The molecule has 0 spiro atoms. The molecule has 0 bridgehead atoms. The average Bonchev–Trinajstić information content (AvgIpc) is 2.92. The first-order valence-corrected chi connectivity index (χ1v) is 16.8. The molecule has 38 heavy (non-hydrogen) atoms. The van der Waals surface area contributed by atoms with Gasteiger partial charge in [-0.3, -0.25) is 0 Å². The molecular weight excluding hydrogens is 480 g/mol. The lowest BCUT2D eigenvalue weighted by atomic mass is 9.97. The summed E-state index contributed by atoms with van der Waals surface area (Å²) in [5.41, 5.74) is 6.15. The average molecular weight is 537 g/mol. The van der Waals surface area contributed by atoms with Crippen LogP contribution in [0.25, 0.3) is 0 Å². The van der Waals surface area contributed by atoms with Gasteiger partial charge in [-0.25, -0.2) is 0 Å². The molecule has 0 saturated heterocycles. The summed E-state index contributed by atoms with van der Waals surface area (Å²) in [5.74, 6) is 0. The van der Waals surface area contributed by atoms with E-state index in [9.17, 15) is 0 Å². The topological polar surface area (TPSA) is 6.48 Å². The van der Waals surface area contributed by atoms with E-state index in [1.165, 1.54) is 137 Å². The zero-order valence-corrected chi connectivity index (χ0v) is 26.0. The molecule has 1 aliphatic rings. The van der Waals surface area contributed by atoms with Crippen LogP contribution in [-0.2, 0) is 19.3 Å². The Kier molecular flexibility index (Phi) is 14.9. The van der Waals surface area contributed by atoms with Gasteiger partial charge >= 0.3 is 0 Å². The van der Waals surface area contributed by atoms with Gasteiger partial charge in [-0.05, 0) is 144 Å². The number of hydrogen-bond acceptors (Lipinski definition) is 3. The standard InChI is InChI=1S/C35H56N2S/c1-5-21-36(22-6-2)25-13-9-11-15-30-17-19-34-32(27-30)29-33-28-31(18-20-35(33)38-34)16-12-10-14-26-37(23-7-3)24-8-4/h17-20,27-28H,5-16,21-26,29H2,1-4H3. The second kappa shape index (κ2) is 18.1. The zero-order chi connectivity index (χ0) is 27.0. The molecule has 0 fully saturated rings. The van der Waals surface area contributed by atoms with Crippen LogP contribution in [0.1, 0.15) is 114 Å². The lowest BCUT2D eigenvalue weighted by molar-refractivity contribution is 0.268. The maximum absolute atomic E-state index is 2.65. The lowest BCUT2D eigenvalue weighted by Gasteiger charge is -2.21. The van der Waals surface area contributed by atoms with E-state index in [4.69, 9.17) is 0 Å². The van der Waals surface area contributed by atoms with E-state index in [0.717, 1.165) is 6.42 Å². The maximum atomic E-state index is 2.65. The van der Waals surface area contributed by atoms with Crippen molar-refractivity contribution in [3.8, 4) is 0 Å². The highest BCUT2D eigenvalue weighted by molar-refractivity contribution is 7.99. The predicted octanol–water partition coefficient (Wildman–Crippen LogP) is 9.41. The molecule has 2 aromatic rings. The van der Waals surface area contributed by atoms with Crippen LogP contribution in [-0.4, -0.2) is 49.1 Å². The van der Waals surface area contributed by atoms with Crippen LogP contribution in [0.4, 0.5) is 0 Å². The first kappa shape index (κ1) is 31.2. The van der Waals surface area contributed by atoms with Crippen molar-refractivity contribution in [2.24, 2.45) is 0 Å². The highest BCUT2D eigenvalue weighted by Crippen LogP contribution is 2.40. The van der Waals surface area contributed by atoms with Gasteiger partial charge in [-0.15, -0.1) is 0 Å². The Balaban J connectivity index is 1.42. The van der Waals surface area contributed by atoms with Crippen molar-refractivity contribution in [3.63, 3.8) is 0 Å². The molecule has 0 N–H and O–H groups in total. The first-order valence-electron chi connectivity index (χ1n) is 16.0. The molecule has 2 aromatic carbocycles. The highest BCUT2D eigenvalue weighted by atomic mass is 32.2. The number of benzene rings is 2. The molecule has 0 amide bonds. The number of nitrogens with zero attached hydrogens (tertiary/aromatic N) is 2. The molecular formula is C35H56N2S. The van der Waals surface area contributed by atoms with E-state index in [-0.39, 0.29) is 0 Å². The Bertz CT molecular complexity index is 839. The van der Waals surface area contributed by atoms with Gasteiger partial charge in [0.25, 0.3) is 0 Å². The van der Waals surface area contributed by atoms with Crippen LogP contribution in [0.5, 0.6) is 0 Å². The van der Waals surface area contributed by atoms with E-state index in [1.54, 1.807) is 11.1 Å². The maximum Gasteiger partial charge on any atom is 0.0158 e. The Labute approximate surface area is 240 Å². The molecule has 1 heterocycles. The van der Waals surface area contributed by atoms with Crippen molar-refractivity contribution in [1.82, 2.24) is 9.80 Å². The third-order valence-electron chi connectivity index (χ3n) is 7.89. The number of unbranched alkanes of at least 4 members (excludes halogenated alkanes) is 4. The van der Waals surface area contributed by atoms with Crippen molar-refractivity contribution in [3.05, 3.63) is 58.7 Å². The van der Waals surface area contributed by atoms with Crippen molar-refractivity contribution in [1.29, 1.82) is 0 Å². The fourth-order valence-electron chi connectivity index (χ4n) is 5.99. The van der Waals surface area contributed by atoms with Gasteiger partial charge in [-0.1, -0.05) is 76.6 Å². The normalized spacial score (nSPS) is 12.8. The number of fused-ring (bicyclic) bond motifs is 2. The summed E-state index contributed by atoms with van der Waals surface area (Å²) < 4.78 is 0. The van der Waals surface area contributed by atoms with Crippen LogP contribution in [0.15, 0.2) is 46.2 Å². The third-order valence-corrected chi connectivity index (χ3v) is 9.13. The Morgan fingerprint density at radius 2 is 0.947 bits per heavy atom. The van der Waals surface area contributed by atoms with Gasteiger partial charge in [0.15, 0.2) is 0 Å². The molecule has 212 valence electrons. The van der Waals surface area contributed by atoms with E-state index in [2.05, 4.69) is 73.9 Å². The molecule has 0 unspecified atom stereocenters. The molecule has 3 heteroatoms. The van der Waals surface area contributed by atoms with Crippen LogP contribution in [0.3, 0.4) is 0 Å². The second-order valence-electron chi connectivity index (χ2n) is 11.5. The predicted molar refractivity (Wildman–Crippen MR) is 169 cm³/mol. The van der Waals surface area contributed by atoms with Crippen LogP contribution in [0.2, 0.25) is 0 Å². The minimum Gasteiger partial charge on any atom is -0.303 e. The van der Waals surface area contributed by atoms with E-state index in [0.29, 0.717) is 0 Å². The van der Waals surface area contributed by atoms with Gasteiger partial charge in [0.2, 0.25) is 0 Å². The molecule has 0 saturated carbocycles. The highest BCUT2D eigenvalue weighted by Gasteiger charge is 2.17. The zero-order valence-electron chi connectivity index (χ0n) is 25.2. The summed E-state index contributed by atoms with van der Waals surface area (Å²) in [6.07, 6.45) is 16.6. The Morgan fingerprint density at radius 3 is 1.34 bits per heavy atom. The van der Waals surface area contributed by atoms with Crippen LogP contribution >= 0.6 is 11.8 Å². The van der Waals surface area contributed by atoms with Gasteiger partial charge in [0.1, 0.15) is 0 Å². The van der Waals surface area contributed by atoms with Crippen LogP contribution in [0, 0.1) is 0 Å². The fourth-order valence-corrected chi connectivity index (χ4v) is 7.03. The molecule has 0 aliphatic carbocycles. The monoisotopic (exact) mass is 536 g/mol. The Hall–Kier alpha value is -1.29. The van der Waals surface area contributed by atoms with Gasteiger partial charge < -0.3 is 9.80 Å². The third kappa shape index (κ3) is 10.7. The smallest absolute Gasteiger partial charge is 0.0158 e. The van der Waals surface area contributed by atoms with E-state index >= 15 is 0 Å². The van der Waals surface area contributed by atoms with Crippen molar-refractivity contribution in [2.75, 3.05) is 39.3 Å².